The Morgan fingerprint density at radius 1 is 1.00 bits per heavy atom. The van der Waals surface area contributed by atoms with Crippen molar-refractivity contribution in [3.63, 3.8) is 0 Å². The molecule has 0 aliphatic carbocycles. The van der Waals surface area contributed by atoms with Gasteiger partial charge < -0.3 is 19.2 Å². The number of carbonyl (C=O) groups excluding carboxylic acids is 2. The summed E-state index contributed by atoms with van der Waals surface area (Å²) in [6.07, 6.45) is 0. The van der Waals surface area contributed by atoms with Gasteiger partial charge in [-0.15, -0.1) is 0 Å². The Labute approximate surface area is 140 Å². The third-order valence-corrected chi connectivity index (χ3v) is 3.45. The van der Waals surface area contributed by atoms with Crippen LogP contribution < -0.4 is 4.74 Å². The van der Waals surface area contributed by atoms with E-state index in [1.165, 1.54) is 0 Å². The summed E-state index contributed by atoms with van der Waals surface area (Å²) in [5, 5.41) is 0. The van der Waals surface area contributed by atoms with E-state index in [4.69, 9.17) is 14.2 Å². The molecule has 0 aliphatic rings. The summed E-state index contributed by atoms with van der Waals surface area (Å²) >= 11 is 0. The molecule has 1 aromatic carbocycles. The largest absolute Gasteiger partial charge is 0.490 e. The first kappa shape index (κ1) is 17.6. The fraction of sp³-hybridized carbons (Fsp3) is 0.333. The molecule has 0 saturated carbocycles. The summed E-state index contributed by atoms with van der Waals surface area (Å²) in [5.74, 6) is -0.259. The molecule has 2 aromatic rings. The Kier molecular flexibility index (Phi) is 6.01. The second-order valence-electron chi connectivity index (χ2n) is 5.14. The topological polar surface area (TPSA) is 77.6 Å². The van der Waals surface area contributed by atoms with E-state index in [1.54, 1.807) is 20.8 Å². The van der Waals surface area contributed by atoms with E-state index in [0.717, 1.165) is 0 Å². The van der Waals surface area contributed by atoms with Crippen molar-refractivity contribution in [2.45, 2.75) is 20.8 Å². The average molecular weight is 331 g/mol. The summed E-state index contributed by atoms with van der Waals surface area (Å²) in [6.45, 7) is 5.77. The zero-order valence-corrected chi connectivity index (χ0v) is 14.0. The van der Waals surface area contributed by atoms with Gasteiger partial charge in [-0.05, 0) is 38.5 Å². The van der Waals surface area contributed by atoms with Crippen LogP contribution in [0.3, 0.4) is 0 Å². The van der Waals surface area contributed by atoms with Gasteiger partial charge in [0.25, 0.3) is 0 Å². The Bertz CT molecular complexity index is 706. The number of hydrogen-bond acceptors (Lipinski definition) is 5. The molecule has 0 radical (unpaired) electrons. The van der Waals surface area contributed by atoms with Crippen LogP contribution in [0.5, 0.6) is 5.75 Å². The lowest BCUT2D eigenvalue weighted by Crippen LogP contribution is -2.14. The van der Waals surface area contributed by atoms with Crippen molar-refractivity contribution in [1.29, 1.82) is 0 Å². The fourth-order valence-corrected chi connectivity index (χ4v) is 2.35. The molecule has 128 valence electrons. The first-order valence-corrected chi connectivity index (χ1v) is 7.75. The molecule has 1 heterocycles. The van der Waals surface area contributed by atoms with Crippen LogP contribution in [0.1, 0.15) is 39.0 Å². The molecule has 6 nitrogen and oxygen atoms in total. The van der Waals surface area contributed by atoms with E-state index in [-0.39, 0.29) is 25.5 Å². The standard InChI is InChI=1S/C18H21NO5/c1-4-22-18(21)16-12(2)15(13(3)19-16)17(20)24-11-10-23-14-8-6-5-7-9-14/h5-9,19H,4,10-11H2,1-3H3. The number of nitrogens with one attached hydrogen (secondary N) is 1. The van der Waals surface area contributed by atoms with Gasteiger partial charge in [-0.3, -0.25) is 0 Å². The van der Waals surface area contributed by atoms with Gasteiger partial charge in [-0.2, -0.15) is 0 Å². The zero-order chi connectivity index (χ0) is 17.5. The number of H-pyrrole nitrogens is 1. The molecule has 0 bridgehead atoms. The number of hydrogen-bond donors (Lipinski definition) is 1. The lowest BCUT2D eigenvalue weighted by molar-refractivity contribution is 0.0449. The molecule has 1 aromatic heterocycles. The Hall–Kier alpha value is -2.76. The second kappa shape index (κ2) is 8.19. The number of aromatic amines is 1. The maximum absolute atomic E-state index is 12.2. The number of esters is 2. The number of rotatable bonds is 7. The number of benzene rings is 1. The van der Waals surface area contributed by atoms with Crippen molar-refractivity contribution < 1.29 is 23.8 Å². The van der Waals surface area contributed by atoms with Crippen LogP contribution in [0.2, 0.25) is 0 Å². The van der Waals surface area contributed by atoms with Gasteiger partial charge in [0.05, 0.1) is 12.2 Å². The summed E-state index contributed by atoms with van der Waals surface area (Å²) < 4.78 is 15.7. The molecule has 0 amide bonds. The van der Waals surface area contributed by atoms with Gasteiger partial charge in [0.15, 0.2) is 0 Å². The monoisotopic (exact) mass is 331 g/mol. The van der Waals surface area contributed by atoms with Gasteiger partial charge in [-0.25, -0.2) is 9.59 Å². The molecule has 1 N–H and O–H groups in total. The van der Waals surface area contributed by atoms with Crippen LogP contribution in [-0.2, 0) is 9.47 Å². The Balaban J connectivity index is 1.93. The van der Waals surface area contributed by atoms with Crippen LogP contribution in [0.4, 0.5) is 0 Å². The molecular weight excluding hydrogens is 310 g/mol. The van der Waals surface area contributed by atoms with Crippen molar-refractivity contribution >= 4 is 11.9 Å². The normalized spacial score (nSPS) is 10.3. The quantitative estimate of drug-likeness (QED) is 0.623. The number of aromatic nitrogens is 1. The molecule has 2 rings (SSSR count). The van der Waals surface area contributed by atoms with Gasteiger partial charge in [0.1, 0.15) is 24.7 Å². The first-order valence-electron chi connectivity index (χ1n) is 7.75. The molecule has 0 atom stereocenters. The van der Waals surface area contributed by atoms with Crippen LogP contribution in [0.15, 0.2) is 30.3 Å². The SMILES string of the molecule is CCOC(=O)c1[nH]c(C)c(C(=O)OCCOc2ccccc2)c1C. The smallest absolute Gasteiger partial charge is 0.355 e. The second-order valence-corrected chi connectivity index (χ2v) is 5.14. The number of aryl methyl sites for hydroxylation is 1. The van der Waals surface area contributed by atoms with Gasteiger partial charge in [-0.1, -0.05) is 18.2 Å². The van der Waals surface area contributed by atoms with Gasteiger partial charge in [0.2, 0.25) is 0 Å². The van der Waals surface area contributed by atoms with E-state index in [0.29, 0.717) is 22.6 Å². The number of para-hydroxylation sites is 1. The van der Waals surface area contributed by atoms with Crippen molar-refractivity contribution in [3.05, 3.63) is 52.8 Å². The minimum Gasteiger partial charge on any atom is -0.490 e. The van der Waals surface area contributed by atoms with Crippen molar-refractivity contribution in [1.82, 2.24) is 4.98 Å². The predicted molar refractivity (Wildman–Crippen MR) is 88.4 cm³/mol. The summed E-state index contributed by atoms with van der Waals surface area (Å²) in [7, 11) is 0. The highest BCUT2D eigenvalue weighted by Gasteiger charge is 2.23. The molecular formula is C18H21NO5. The zero-order valence-electron chi connectivity index (χ0n) is 14.0. The molecule has 0 aliphatic heterocycles. The van der Waals surface area contributed by atoms with Crippen molar-refractivity contribution in [2.24, 2.45) is 0 Å². The maximum atomic E-state index is 12.2. The average Bonchev–Trinajstić information content (AvgIpc) is 2.87. The number of ether oxygens (including phenoxy) is 3. The van der Waals surface area contributed by atoms with Gasteiger partial charge >= 0.3 is 11.9 Å². The Morgan fingerprint density at radius 2 is 1.71 bits per heavy atom. The first-order chi connectivity index (χ1) is 11.5. The van der Waals surface area contributed by atoms with Crippen molar-refractivity contribution in [3.8, 4) is 5.75 Å². The number of carbonyl (C=O) groups is 2. The highest BCUT2D eigenvalue weighted by atomic mass is 16.6. The molecule has 0 spiro atoms. The van der Waals surface area contributed by atoms with Crippen LogP contribution in [0, 0.1) is 13.8 Å². The van der Waals surface area contributed by atoms with Gasteiger partial charge in [0, 0.05) is 5.69 Å². The van der Waals surface area contributed by atoms with Crippen LogP contribution >= 0.6 is 0 Å². The highest BCUT2D eigenvalue weighted by Crippen LogP contribution is 2.20. The summed E-state index contributed by atoms with van der Waals surface area (Å²) in [4.78, 5) is 27.0. The molecule has 0 unspecified atom stereocenters. The molecule has 24 heavy (non-hydrogen) atoms. The minimum absolute atomic E-state index is 0.118. The lowest BCUT2D eigenvalue weighted by atomic mass is 10.1. The minimum atomic E-state index is -0.492. The highest BCUT2D eigenvalue weighted by molar-refractivity contribution is 5.98. The third kappa shape index (κ3) is 4.16. The fourth-order valence-electron chi connectivity index (χ4n) is 2.35. The molecule has 0 saturated heterocycles. The van der Waals surface area contributed by atoms with E-state index in [1.807, 2.05) is 30.3 Å². The van der Waals surface area contributed by atoms with Crippen molar-refractivity contribution in [2.75, 3.05) is 19.8 Å². The lowest BCUT2D eigenvalue weighted by Gasteiger charge is -2.08. The van der Waals surface area contributed by atoms with E-state index in [2.05, 4.69) is 4.98 Å². The Morgan fingerprint density at radius 3 is 2.38 bits per heavy atom. The van der Waals surface area contributed by atoms with E-state index < -0.39 is 11.9 Å². The summed E-state index contributed by atoms with van der Waals surface area (Å²) in [6, 6.07) is 9.28. The van der Waals surface area contributed by atoms with E-state index >= 15 is 0 Å². The van der Waals surface area contributed by atoms with E-state index in [9.17, 15) is 9.59 Å². The van der Waals surface area contributed by atoms with Crippen LogP contribution in [0.25, 0.3) is 0 Å². The molecule has 6 heteroatoms. The summed E-state index contributed by atoms with van der Waals surface area (Å²) in [5.41, 5.74) is 1.74. The predicted octanol–water partition coefficient (Wildman–Crippen LogP) is 3.04. The van der Waals surface area contributed by atoms with Crippen LogP contribution in [-0.4, -0.2) is 36.7 Å². The molecule has 0 fully saturated rings. The maximum Gasteiger partial charge on any atom is 0.355 e. The third-order valence-electron chi connectivity index (χ3n) is 3.45.